The second kappa shape index (κ2) is 6.37. The quantitative estimate of drug-likeness (QED) is 0.925. The molecule has 2 aliphatic carbocycles. The first-order valence-electron chi connectivity index (χ1n) is 8.30. The molecule has 0 bridgehead atoms. The van der Waals surface area contributed by atoms with Crippen molar-refractivity contribution in [1.29, 1.82) is 0 Å². The van der Waals surface area contributed by atoms with Crippen LogP contribution >= 0.6 is 0 Å². The van der Waals surface area contributed by atoms with Crippen molar-refractivity contribution in [1.82, 2.24) is 4.90 Å². The molecule has 3 unspecified atom stereocenters. The van der Waals surface area contributed by atoms with E-state index in [9.17, 15) is 0 Å². The fourth-order valence-corrected chi connectivity index (χ4v) is 4.29. The van der Waals surface area contributed by atoms with Gasteiger partial charge < -0.3 is 10.5 Å². The summed E-state index contributed by atoms with van der Waals surface area (Å²) >= 11 is 0. The maximum atomic E-state index is 5.96. The average Bonchev–Trinajstić information content (AvgIpc) is 3.01. The molecule has 3 heteroatoms. The van der Waals surface area contributed by atoms with Crippen LogP contribution in [0.4, 0.5) is 0 Å². The third-order valence-electron chi connectivity index (χ3n) is 5.64. The molecule has 3 nitrogen and oxygen atoms in total. The third kappa shape index (κ3) is 2.95. The zero-order chi connectivity index (χ0) is 14.8. The van der Waals surface area contributed by atoms with Gasteiger partial charge in [0.1, 0.15) is 5.75 Å². The SMILES string of the molecule is COc1ccc2c(c1)CC(N(C)C1CCCC1CN)CC2. The first-order valence-corrected chi connectivity index (χ1v) is 8.30. The van der Waals surface area contributed by atoms with E-state index in [1.807, 2.05) is 0 Å². The molecule has 0 aliphatic heterocycles. The minimum Gasteiger partial charge on any atom is -0.497 e. The number of rotatable bonds is 4. The molecule has 3 rings (SSSR count). The van der Waals surface area contributed by atoms with Crippen LogP contribution in [0.15, 0.2) is 18.2 Å². The molecule has 21 heavy (non-hydrogen) atoms. The predicted octanol–water partition coefficient (Wildman–Crippen LogP) is 2.61. The Kier molecular flexibility index (Phi) is 4.51. The fourth-order valence-electron chi connectivity index (χ4n) is 4.29. The Balaban J connectivity index is 1.73. The van der Waals surface area contributed by atoms with Gasteiger partial charge >= 0.3 is 0 Å². The van der Waals surface area contributed by atoms with E-state index in [1.165, 1.54) is 43.2 Å². The summed E-state index contributed by atoms with van der Waals surface area (Å²) < 4.78 is 5.38. The van der Waals surface area contributed by atoms with Crippen LogP contribution in [-0.2, 0) is 12.8 Å². The van der Waals surface area contributed by atoms with Gasteiger partial charge in [-0.25, -0.2) is 0 Å². The summed E-state index contributed by atoms with van der Waals surface area (Å²) in [7, 11) is 4.06. The maximum Gasteiger partial charge on any atom is 0.119 e. The van der Waals surface area contributed by atoms with Crippen LogP contribution in [0.3, 0.4) is 0 Å². The number of benzene rings is 1. The first-order chi connectivity index (χ1) is 10.2. The van der Waals surface area contributed by atoms with E-state index >= 15 is 0 Å². The van der Waals surface area contributed by atoms with Crippen molar-refractivity contribution < 1.29 is 4.74 Å². The molecule has 0 radical (unpaired) electrons. The molecule has 1 saturated carbocycles. The summed E-state index contributed by atoms with van der Waals surface area (Å²) in [6.07, 6.45) is 7.57. The molecule has 1 aromatic carbocycles. The molecule has 1 fully saturated rings. The zero-order valence-electron chi connectivity index (χ0n) is 13.3. The second-order valence-electron chi connectivity index (χ2n) is 6.69. The molecule has 0 amide bonds. The number of ether oxygens (including phenoxy) is 1. The van der Waals surface area contributed by atoms with Gasteiger partial charge in [0.2, 0.25) is 0 Å². The molecule has 0 spiro atoms. The summed E-state index contributed by atoms with van der Waals surface area (Å²) in [4.78, 5) is 2.63. The van der Waals surface area contributed by atoms with Gasteiger partial charge in [-0.3, -0.25) is 4.90 Å². The predicted molar refractivity (Wildman–Crippen MR) is 86.8 cm³/mol. The number of methoxy groups -OCH3 is 1. The molecule has 2 N–H and O–H groups in total. The summed E-state index contributed by atoms with van der Waals surface area (Å²) in [5.74, 6) is 1.68. The molecular formula is C18H28N2O. The Morgan fingerprint density at radius 1 is 1.24 bits per heavy atom. The molecule has 0 aromatic heterocycles. The van der Waals surface area contributed by atoms with Gasteiger partial charge in [-0.05, 0) is 74.9 Å². The van der Waals surface area contributed by atoms with Crippen molar-refractivity contribution in [3.05, 3.63) is 29.3 Å². The number of hydrogen-bond acceptors (Lipinski definition) is 3. The maximum absolute atomic E-state index is 5.96. The minimum atomic E-state index is 0.654. The molecule has 0 saturated heterocycles. The lowest BCUT2D eigenvalue weighted by molar-refractivity contribution is 0.131. The highest BCUT2D eigenvalue weighted by Crippen LogP contribution is 2.33. The summed E-state index contributed by atoms with van der Waals surface area (Å²) in [6, 6.07) is 7.89. The van der Waals surface area contributed by atoms with Crippen LogP contribution in [0.5, 0.6) is 5.75 Å². The molecule has 0 heterocycles. The van der Waals surface area contributed by atoms with E-state index in [1.54, 1.807) is 7.11 Å². The summed E-state index contributed by atoms with van der Waals surface area (Å²) in [5, 5.41) is 0. The number of fused-ring (bicyclic) bond motifs is 1. The lowest BCUT2D eigenvalue weighted by Gasteiger charge is -2.38. The molecule has 3 atom stereocenters. The highest BCUT2D eigenvalue weighted by molar-refractivity contribution is 5.38. The van der Waals surface area contributed by atoms with Crippen molar-refractivity contribution in [3.8, 4) is 5.75 Å². The van der Waals surface area contributed by atoms with Crippen LogP contribution in [0.1, 0.15) is 36.8 Å². The highest BCUT2D eigenvalue weighted by atomic mass is 16.5. The topological polar surface area (TPSA) is 38.5 Å². The Bertz CT molecular complexity index is 488. The van der Waals surface area contributed by atoms with Crippen LogP contribution in [0.25, 0.3) is 0 Å². The van der Waals surface area contributed by atoms with Crippen molar-refractivity contribution in [2.75, 3.05) is 20.7 Å². The summed E-state index contributed by atoms with van der Waals surface area (Å²) in [5.41, 5.74) is 8.94. The van der Waals surface area contributed by atoms with Gasteiger partial charge in [0.15, 0.2) is 0 Å². The Labute approximate surface area is 128 Å². The molecular weight excluding hydrogens is 260 g/mol. The summed E-state index contributed by atoms with van der Waals surface area (Å²) in [6.45, 7) is 0.839. The standard InChI is InChI=1S/C18H28N2O/c1-20(18-5-3-4-14(18)12-19)16-8-6-13-7-9-17(21-2)11-15(13)10-16/h7,9,11,14,16,18H,3-6,8,10,12,19H2,1-2H3. The van der Waals surface area contributed by atoms with E-state index in [2.05, 4.69) is 30.1 Å². The Morgan fingerprint density at radius 3 is 2.86 bits per heavy atom. The molecule has 116 valence electrons. The average molecular weight is 288 g/mol. The minimum absolute atomic E-state index is 0.654. The van der Waals surface area contributed by atoms with Gasteiger partial charge in [0.05, 0.1) is 7.11 Å². The third-order valence-corrected chi connectivity index (χ3v) is 5.64. The van der Waals surface area contributed by atoms with Crippen LogP contribution in [0, 0.1) is 5.92 Å². The number of aryl methyl sites for hydroxylation is 1. The van der Waals surface area contributed by atoms with Gasteiger partial charge in [-0.2, -0.15) is 0 Å². The normalized spacial score (nSPS) is 28.7. The van der Waals surface area contributed by atoms with E-state index in [4.69, 9.17) is 10.5 Å². The van der Waals surface area contributed by atoms with Crippen molar-refractivity contribution in [3.63, 3.8) is 0 Å². The van der Waals surface area contributed by atoms with Crippen molar-refractivity contribution in [2.45, 2.75) is 50.6 Å². The fraction of sp³-hybridized carbons (Fsp3) is 0.667. The Hall–Kier alpha value is -1.06. The monoisotopic (exact) mass is 288 g/mol. The van der Waals surface area contributed by atoms with E-state index in [0.717, 1.165) is 18.7 Å². The smallest absolute Gasteiger partial charge is 0.119 e. The lowest BCUT2D eigenvalue weighted by atomic mass is 9.86. The second-order valence-corrected chi connectivity index (χ2v) is 6.69. The lowest BCUT2D eigenvalue weighted by Crippen LogP contribution is -2.46. The number of likely N-dealkylation sites (N-methyl/N-ethyl adjacent to an activating group) is 1. The van der Waals surface area contributed by atoms with Crippen molar-refractivity contribution >= 4 is 0 Å². The van der Waals surface area contributed by atoms with Gasteiger partial charge in [0, 0.05) is 12.1 Å². The number of hydrogen-bond donors (Lipinski definition) is 1. The van der Waals surface area contributed by atoms with E-state index < -0.39 is 0 Å². The van der Waals surface area contributed by atoms with Crippen LogP contribution in [0.2, 0.25) is 0 Å². The van der Waals surface area contributed by atoms with Crippen molar-refractivity contribution in [2.24, 2.45) is 11.7 Å². The van der Waals surface area contributed by atoms with Gasteiger partial charge in [0.25, 0.3) is 0 Å². The van der Waals surface area contributed by atoms with Crippen LogP contribution in [-0.4, -0.2) is 37.7 Å². The first kappa shape index (κ1) is 14.9. The van der Waals surface area contributed by atoms with E-state index in [-0.39, 0.29) is 0 Å². The largest absolute Gasteiger partial charge is 0.497 e. The molecule has 1 aromatic rings. The van der Waals surface area contributed by atoms with Gasteiger partial charge in [-0.1, -0.05) is 12.5 Å². The number of nitrogens with zero attached hydrogens (tertiary/aromatic N) is 1. The zero-order valence-corrected chi connectivity index (χ0v) is 13.3. The van der Waals surface area contributed by atoms with Gasteiger partial charge in [-0.15, -0.1) is 0 Å². The molecule has 2 aliphatic rings. The number of nitrogens with two attached hydrogens (primary N) is 1. The Morgan fingerprint density at radius 2 is 2.10 bits per heavy atom. The van der Waals surface area contributed by atoms with Crippen LogP contribution < -0.4 is 10.5 Å². The highest BCUT2D eigenvalue weighted by Gasteiger charge is 2.33. The van der Waals surface area contributed by atoms with E-state index in [0.29, 0.717) is 18.0 Å².